The van der Waals surface area contributed by atoms with E-state index in [1.165, 1.54) is 5.69 Å². The van der Waals surface area contributed by atoms with Gasteiger partial charge < -0.3 is 30.5 Å². The van der Waals surface area contributed by atoms with Gasteiger partial charge in [0.1, 0.15) is 5.56 Å². The average molecular weight is 409 g/mol. The van der Waals surface area contributed by atoms with E-state index in [0.717, 1.165) is 57.8 Å². The standard InChI is InChI=1S/C21H27N7O2/c29-20-18-13-24-21(26-19(18)30-14-28(20)17-5-7-22-8-6-17)25-15-1-3-16(4-2-15)27-11-9-23-10-12-27/h1-4,13,17,22-23H,5-12,14H2,(H,24,25,26). The number of carbonyl (C=O) groups excluding carboxylic acids is 1. The number of fused-ring (bicyclic) bond motifs is 1. The van der Waals surface area contributed by atoms with Crippen LogP contribution in [0.5, 0.6) is 5.88 Å². The van der Waals surface area contributed by atoms with Crippen LogP contribution in [0.1, 0.15) is 23.2 Å². The third-order valence-corrected chi connectivity index (χ3v) is 5.94. The molecule has 2 saturated heterocycles. The second-order valence-corrected chi connectivity index (χ2v) is 7.85. The summed E-state index contributed by atoms with van der Waals surface area (Å²) < 4.78 is 5.82. The molecule has 3 aliphatic rings. The maximum Gasteiger partial charge on any atom is 0.263 e. The summed E-state index contributed by atoms with van der Waals surface area (Å²) in [7, 11) is 0. The molecule has 1 aromatic carbocycles. The van der Waals surface area contributed by atoms with E-state index in [2.05, 4.69) is 43.0 Å². The summed E-state index contributed by atoms with van der Waals surface area (Å²) in [5.41, 5.74) is 2.53. The van der Waals surface area contributed by atoms with Gasteiger partial charge >= 0.3 is 0 Å². The molecule has 2 fully saturated rings. The number of piperidine rings is 1. The Morgan fingerprint density at radius 2 is 1.77 bits per heavy atom. The van der Waals surface area contributed by atoms with Crippen molar-refractivity contribution >= 4 is 23.2 Å². The molecule has 0 bridgehead atoms. The van der Waals surface area contributed by atoms with Crippen molar-refractivity contribution < 1.29 is 9.53 Å². The minimum absolute atomic E-state index is 0.0462. The number of nitrogens with one attached hydrogen (secondary N) is 3. The third-order valence-electron chi connectivity index (χ3n) is 5.94. The van der Waals surface area contributed by atoms with Crippen molar-refractivity contribution in [3.8, 4) is 5.88 Å². The van der Waals surface area contributed by atoms with Crippen LogP contribution in [0.2, 0.25) is 0 Å². The highest BCUT2D eigenvalue weighted by Gasteiger charge is 2.33. The topological polar surface area (TPSA) is 94.7 Å². The van der Waals surface area contributed by atoms with Crippen molar-refractivity contribution in [1.82, 2.24) is 25.5 Å². The van der Waals surface area contributed by atoms with E-state index >= 15 is 0 Å². The van der Waals surface area contributed by atoms with E-state index in [-0.39, 0.29) is 18.7 Å². The van der Waals surface area contributed by atoms with Gasteiger partial charge in [-0.15, -0.1) is 0 Å². The molecule has 9 nitrogen and oxygen atoms in total. The summed E-state index contributed by atoms with van der Waals surface area (Å²) in [6.07, 6.45) is 3.44. The van der Waals surface area contributed by atoms with Gasteiger partial charge in [0.05, 0.1) is 0 Å². The number of aromatic nitrogens is 2. The number of hydrogen-bond acceptors (Lipinski definition) is 8. The second kappa shape index (κ2) is 8.45. The Morgan fingerprint density at radius 1 is 1.03 bits per heavy atom. The molecule has 2 aromatic rings. The number of ether oxygens (including phenoxy) is 1. The predicted molar refractivity (Wildman–Crippen MR) is 114 cm³/mol. The smallest absolute Gasteiger partial charge is 0.263 e. The van der Waals surface area contributed by atoms with Crippen LogP contribution in [0.4, 0.5) is 17.3 Å². The first kappa shape index (κ1) is 19.1. The fraction of sp³-hybridized carbons (Fsp3) is 0.476. The SMILES string of the molecule is O=C1c2cnc(Nc3ccc(N4CCNCC4)cc3)nc2OCN1C1CCNCC1. The van der Waals surface area contributed by atoms with Crippen LogP contribution in [0.15, 0.2) is 30.5 Å². The van der Waals surface area contributed by atoms with Crippen molar-refractivity contribution in [3.63, 3.8) is 0 Å². The molecular formula is C21H27N7O2. The molecular weight excluding hydrogens is 382 g/mol. The van der Waals surface area contributed by atoms with E-state index in [1.807, 2.05) is 12.1 Å². The largest absolute Gasteiger partial charge is 0.455 e. The van der Waals surface area contributed by atoms with Crippen LogP contribution in [0, 0.1) is 0 Å². The minimum Gasteiger partial charge on any atom is -0.455 e. The quantitative estimate of drug-likeness (QED) is 0.693. The lowest BCUT2D eigenvalue weighted by molar-refractivity contribution is 0.0315. The Kier molecular flexibility index (Phi) is 5.37. The lowest BCUT2D eigenvalue weighted by atomic mass is 10.0. The summed E-state index contributed by atoms with van der Waals surface area (Å²) in [6.45, 7) is 6.14. The zero-order chi connectivity index (χ0) is 20.3. The molecule has 1 aromatic heterocycles. The zero-order valence-electron chi connectivity index (χ0n) is 16.9. The molecule has 1 amide bonds. The molecule has 30 heavy (non-hydrogen) atoms. The zero-order valence-corrected chi connectivity index (χ0v) is 16.9. The molecule has 0 spiro atoms. The van der Waals surface area contributed by atoms with Gasteiger partial charge in [0, 0.05) is 49.8 Å². The molecule has 5 rings (SSSR count). The summed E-state index contributed by atoms with van der Waals surface area (Å²) in [4.78, 5) is 25.8. The Bertz CT molecular complexity index is 893. The number of amides is 1. The van der Waals surface area contributed by atoms with Gasteiger partial charge in [-0.1, -0.05) is 0 Å². The van der Waals surface area contributed by atoms with Crippen LogP contribution >= 0.6 is 0 Å². The highest BCUT2D eigenvalue weighted by Crippen LogP contribution is 2.27. The van der Waals surface area contributed by atoms with E-state index in [1.54, 1.807) is 11.1 Å². The molecule has 0 radical (unpaired) electrons. The number of benzene rings is 1. The lowest BCUT2D eigenvalue weighted by Crippen LogP contribution is -2.49. The molecule has 158 valence electrons. The van der Waals surface area contributed by atoms with Gasteiger partial charge in [0.2, 0.25) is 11.8 Å². The molecule has 0 saturated carbocycles. The third kappa shape index (κ3) is 3.90. The number of nitrogens with zero attached hydrogens (tertiary/aromatic N) is 4. The van der Waals surface area contributed by atoms with Crippen LogP contribution in [0.3, 0.4) is 0 Å². The molecule has 3 aliphatic heterocycles. The Labute approximate surface area is 175 Å². The van der Waals surface area contributed by atoms with Gasteiger partial charge in [-0.2, -0.15) is 4.98 Å². The molecule has 4 heterocycles. The van der Waals surface area contributed by atoms with Crippen molar-refractivity contribution in [1.29, 1.82) is 0 Å². The molecule has 9 heteroatoms. The van der Waals surface area contributed by atoms with E-state index < -0.39 is 0 Å². The Hall–Kier alpha value is -2.91. The summed E-state index contributed by atoms with van der Waals surface area (Å²) in [5, 5.41) is 9.90. The molecule has 3 N–H and O–H groups in total. The van der Waals surface area contributed by atoms with Crippen LogP contribution in [-0.2, 0) is 0 Å². The van der Waals surface area contributed by atoms with Crippen molar-refractivity contribution in [3.05, 3.63) is 36.0 Å². The van der Waals surface area contributed by atoms with E-state index in [4.69, 9.17) is 4.74 Å². The summed E-state index contributed by atoms with van der Waals surface area (Å²) in [6, 6.07) is 8.45. The number of carbonyl (C=O) groups is 1. The summed E-state index contributed by atoms with van der Waals surface area (Å²) >= 11 is 0. The molecule has 0 atom stereocenters. The molecule has 0 unspecified atom stereocenters. The second-order valence-electron chi connectivity index (χ2n) is 7.85. The van der Waals surface area contributed by atoms with E-state index in [0.29, 0.717) is 17.4 Å². The molecule has 0 aliphatic carbocycles. The fourth-order valence-corrected chi connectivity index (χ4v) is 4.22. The van der Waals surface area contributed by atoms with Gasteiger partial charge in [-0.05, 0) is 50.2 Å². The first-order valence-electron chi connectivity index (χ1n) is 10.6. The fourth-order valence-electron chi connectivity index (χ4n) is 4.22. The lowest BCUT2D eigenvalue weighted by Gasteiger charge is -2.36. The average Bonchev–Trinajstić information content (AvgIpc) is 2.81. The first-order valence-corrected chi connectivity index (χ1v) is 10.6. The minimum atomic E-state index is -0.0462. The highest BCUT2D eigenvalue weighted by molar-refractivity contribution is 5.97. The van der Waals surface area contributed by atoms with Crippen molar-refractivity contribution in [2.75, 3.05) is 56.2 Å². The van der Waals surface area contributed by atoms with Gasteiger partial charge in [0.25, 0.3) is 5.91 Å². The van der Waals surface area contributed by atoms with Crippen molar-refractivity contribution in [2.24, 2.45) is 0 Å². The maximum atomic E-state index is 12.9. The number of anilines is 3. The number of rotatable bonds is 4. The first-order chi connectivity index (χ1) is 14.8. The normalized spacial score (nSPS) is 19.9. The number of piperazine rings is 1. The van der Waals surface area contributed by atoms with Gasteiger partial charge in [0.15, 0.2) is 6.73 Å². The van der Waals surface area contributed by atoms with Gasteiger partial charge in [-0.25, -0.2) is 4.98 Å². The van der Waals surface area contributed by atoms with Crippen LogP contribution < -0.4 is 25.6 Å². The predicted octanol–water partition coefficient (Wildman–Crippen LogP) is 1.17. The summed E-state index contributed by atoms with van der Waals surface area (Å²) in [5.74, 6) is 0.724. The van der Waals surface area contributed by atoms with E-state index in [9.17, 15) is 4.79 Å². The monoisotopic (exact) mass is 409 g/mol. The Balaban J connectivity index is 1.26. The van der Waals surface area contributed by atoms with Crippen LogP contribution in [0.25, 0.3) is 0 Å². The van der Waals surface area contributed by atoms with Crippen LogP contribution in [-0.4, -0.2) is 72.8 Å². The highest BCUT2D eigenvalue weighted by atomic mass is 16.5. The Morgan fingerprint density at radius 3 is 2.53 bits per heavy atom. The number of hydrogen-bond donors (Lipinski definition) is 3. The van der Waals surface area contributed by atoms with Crippen molar-refractivity contribution in [2.45, 2.75) is 18.9 Å². The maximum absolute atomic E-state index is 12.9. The van der Waals surface area contributed by atoms with Gasteiger partial charge in [-0.3, -0.25) is 4.79 Å².